The highest BCUT2D eigenvalue weighted by molar-refractivity contribution is 6.19. The number of ether oxygens (including phenoxy) is 2. The molecule has 3 nitrogen and oxygen atoms in total. The summed E-state index contributed by atoms with van der Waals surface area (Å²) in [5.41, 5.74) is 0. The first-order chi connectivity index (χ1) is 8.63. The smallest absolute Gasteiger partial charge is 0.248 e. The first kappa shape index (κ1) is 13.2. The number of benzene rings is 1. The molecule has 4 heteroatoms. The standard InChI is InChI=1S/C14H17ClO3/c1-14(9-4-5-11(16)8-10-15)17-12-6-2-3-7-13(12)18-14/h2-3,6-7H,4-5,8-10H2,1H3. The average molecular weight is 269 g/mol. The van der Waals surface area contributed by atoms with Gasteiger partial charge in [0.2, 0.25) is 5.79 Å². The van der Waals surface area contributed by atoms with E-state index in [0.29, 0.717) is 25.1 Å². The highest BCUT2D eigenvalue weighted by Gasteiger charge is 2.35. The summed E-state index contributed by atoms with van der Waals surface area (Å²) in [6.45, 7) is 1.90. The average Bonchev–Trinajstić information content (AvgIpc) is 2.65. The van der Waals surface area contributed by atoms with Crippen molar-refractivity contribution in [2.75, 3.05) is 5.88 Å². The summed E-state index contributed by atoms with van der Waals surface area (Å²) >= 11 is 5.52. The zero-order valence-electron chi connectivity index (χ0n) is 10.4. The number of fused-ring (bicyclic) bond motifs is 1. The van der Waals surface area contributed by atoms with E-state index in [4.69, 9.17) is 21.1 Å². The molecule has 1 aliphatic heterocycles. The molecule has 18 heavy (non-hydrogen) atoms. The number of rotatable bonds is 6. The molecule has 0 N–H and O–H groups in total. The lowest BCUT2D eigenvalue weighted by molar-refractivity contribution is -0.119. The summed E-state index contributed by atoms with van der Waals surface area (Å²) in [7, 11) is 0. The molecule has 0 spiro atoms. The topological polar surface area (TPSA) is 35.5 Å². The first-order valence-electron chi connectivity index (χ1n) is 6.18. The van der Waals surface area contributed by atoms with Crippen molar-refractivity contribution in [2.45, 2.75) is 38.4 Å². The van der Waals surface area contributed by atoms with Gasteiger partial charge in [0.25, 0.3) is 0 Å². The van der Waals surface area contributed by atoms with E-state index in [9.17, 15) is 4.79 Å². The lowest BCUT2D eigenvalue weighted by Gasteiger charge is -2.22. The van der Waals surface area contributed by atoms with E-state index in [-0.39, 0.29) is 5.78 Å². The minimum Gasteiger partial charge on any atom is -0.449 e. The molecule has 0 aromatic heterocycles. The zero-order chi connectivity index (χ0) is 13.0. The fourth-order valence-electron chi connectivity index (χ4n) is 2.04. The number of Topliss-reactive ketones (excluding diaryl/α,β-unsaturated/α-hetero) is 1. The van der Waals surface area contributed by atoms with Gasteiger partial charge in [0.15, 0.2) is 11.5 Å². The fourth-order valence-corrected chi connectivity index (χ4v) is 2.25. The van der Waals surface area contributed by atoms with E-state index >= 15 is 0 Å². The lowest BCUT2D eigenvalue weighted by Crippen LogP contribution is -2.34. The summed E-state index contributed by atoms with van der Waals surface area (Å²) < 4.78 is 11.6. The van der Waals surface area contributed by atoms with Crippen LogP contribution in [0.4, 0.5) is 0 Å². The van der Waals surface area contributed by atoms with Crippen LogP contribution in [-0.4, -0.2) is 17.5 Å². The number of halogens is 1. The molecule has 0 saturated carbocycles. The molecule has 0 bridgehead atoms. The van der Waals surface area contributed by atoms with Crippen LogP contribution in [0.2, 0.25) is 0 Å². The van der Waals surface area contributed by atoms with Gasteiger partial charge in [-0.2, -0.15) is 0 Å². The third-order valence-electron chi connectivity index (χ3n) is 2.96. The van der Waals surface area contributed by atoms with Crippen molar-refractivity contribution in [3.8, 4) is 11.5 Å². The van der Waals surface area contributed by atoms with Gasteiger partial charge in [-0.3, -0.25) is 4.79 Å². The van der Waals surface area contributed by atoms with Crippen molar-refractivity contribution in [3.05, 3.63) is 24.3 Å². The highest BCUT2D eigenvalue weighted by atomic mass is 35.5. The molecule has 0 fully saturated rings. The summed E-state index contributed by atoms with van der Waals surface area (Å²) in [6.07, 6.45) is 2.42. The van der Waals surface area contributed by atoms with E-state index < -0.39 is 5.79 Å². The van der Waals surface area contributed by atoms with Crippen LogP contribution in [-0.2, 0) is 4.79 Å². The Kier molecular flexibility index (Phi) is 4.12. The van der Waals surface area contributed by atoms with Gasteiger partial charge in [0, 0.05) is 32.1 Å². The number of para-hydroxylation sites is 2. The Labute approximate surface area is 112 Å². The Balaban J connectivity index is 1.83. The van der Waals surface area contributed by atoms with Gasteiger partial charge in [-0.1, -0.05) is 12.1 Å². The summed E-state index contributed by atoms with van der Waals surface area (Å²) in [4.78, 5) is 11.4. The van der Waals surface area contributed by atoms with Gasteiger partial charge in [-0.15, -0.1) is 11.6 Å². The monoisotopic (exact) mass is 268 g/mol. The maximum atomic E-state index is 11.4. The number of carbonyl (C=O) groups is 1. The van der Waals surface area contributed by atoms with Crippen LogP contribution >= 0.6 is 11.6 Å². The summed E-state index contributed by atoms with van der Waals surface area (Å²) in [5.74, 6) is 1.49. The van der Waals surface area contributed by atoms with Crippen molar-refractivity contribution in [2.24, 2.45) is 0 Å². The fraction of sp³-hybridized carbons (Fsp3) is 0.500. The Hall–Kier alpha value is -1.22. The van der Waals surface area contributed by atoms with Crippen molar-refractivity contribution < 1.29 is 14.3 Å². The minimum absolute atomic E-state index is 0.198. The SMILES string of the molecule is CC1(CCCC(=O)CCCl)Oc2ccccc2O1. The van der Waals surface area contributed by atoms with Gasteiger partial charge in [0.05, 0.1) is 0 Å². The largest absolute Gasteiger partial charge is 0.449 e. The molecule has 0 atom stereocenters. The van der Waals surface area contributed by atoms with Gasteiger partial charge >= 0.3 is 0 Å². The van der Waals surface area contributed by atoms with Crippen molar-refractivity contribution in [1.82, 2.24) is 0 Å². The van der Waals surface area contributed by atoms with Crippen LogP contribution in [0, 0.1) is 0 Å². The Morgan fingerprint density at radius 3 is 2.39 bits per heavy atom. The van der Waals surface area contributed by atoms with Crippen LogP contribution in [0.1, 0.15) is 32.6 Å². The molecule has 0 aliphatic carbocycles. The number of alkyl halides is 1. The first-order valence-corrected chi connectivity index (χ1v) is 6.71. The quantitative estimate of drug-likeness (QED) is 0.740. The van der Waals surface area contributed by atoms with Crippen LogP contribution in [0.3, 0.4) is 0 Å². The molecule has 2 rings (SSSR count). The zero-order valence-corrected chi connectivity index (χ0v) is 11.2. The molecule has 98 valence electrons. The predicted molar refractivity (Wildman–Crippen MR) is 70.3 cm³/mol. The summed E-state index contributed by atoms with van der Waals surface area (Å²) in [5, 5.41) is 0. The second-order valence-corrected chi connectivity index (χ2v) is 4.99. The molecule has 1 aromatic carbocycles. The second kappa shape index (κ2) is 5.61. The molecule has 1 aromatic rings. The van der Waals surface area contributed by atoms with E-state index in [2.05, 4.69) is 0 Å². The Morgan fingerprint density at radius 2 is 1.83 bits per heavy atom. The third-order valence-corrected chi connectivity index (χ3v) is 3.15. The van der Waals surface area contributed by atoms with Crippen molar-refractivity contribution in [3.63, 3.8) is 0 Å². The molecule has 1 heterocycles. The Morgan fingerprint density at radius 1 is 1.22 bits per heavy atom. The van der Waals surface area contributed by atoms with E-state index in [1.807, 2.05) is 31.2 Å². The van der Waals surface area contributed by atoms with Crippen LogP contribution in [0.25, 0.3) is 0 Å². The summed E-state index contributed by atoms with van der Waals surface area (Å²) in [6, 6.07) is 7.61. The van der Waals surface area contributed by atoms with Crippen molar-refractivity contribution >= 4 is 17.4 Å². The molecule has 0 saturated heterocycles. The van der Waals surface area contributed by atoms with Crippen LogP contribution < -0.4 is 9.47 Å². The number of hydrogen-bond acceptors (Lipinski definition) is 3. The third kappa shape index (κ3) is 3.16. The van der Waals surface area contributed by atoms with Gasteiger partial charge in [0.1, 0.15) is 5.78 Å². The molecule has 0 unspecified atom stereocenters. The van der Waals surface area contributed by atoms with Crippen LogP contribution in [0.5, 0.6) is 11.5 Å². The maximum absolute atomic E-state index is 11.4. The minimum atomic E-state index is -0.648. The molecular weight excluding hydrogens is 252 g/mol. The van der Waals surface area contributed by atoms with Gasteiger partial charge in [-0.25, -0.2) is 0 Å². The van der Waals surface area contributed by atoms with Crippen molar-refractivity contribution in [1.29, 1.82) is 0 Å². The van der Waals surface area contributed by atoms with Gasteiger partial charge in [-0.05, 0) is 18.6 Å². The normalized spacial score (nSPS) is 15.7. The number of carbonyl (C=O) groups excluding carboxylic acids is 1. The van der Waals surface area contributed by atoms with E-state index in [0.717, 1.165) is 17.9 Å². The number of ketones is 1. The predicted octanol–water partition coefficient (Wildman–Crippen LogP) is 3.54. The van der Waals surface area contributed by atoms with Crippen LogP contribution in [0.15, 0.2) is 24.3 Å². The molecule has 1 aliphatic rings. The maximum Gasteiger partial charge on any atom is 0.248 e. The number of hydrogen-bond donors (Lipinski definition) is 0. The molecule has 0 radical (unpaired) electrons. The Bertz CT molecular complexity index is 406. The molecular formula is C14H17ClO3. The lowest BCUT2D eigenvalue weighted by atomic mass is 10.1. The van der Waals surface area contributed by atoms with E-state index in [1.165, 1.54) is 0 Å². The highest BCUT2D eigenvalue weighted by Crippen LogP contribution is 2.40. The van der Waals surface area contributed by atoms with E-state index in [1.54, 1.807) is 0 Å². The molecule has 0 amide bonds. The van der Waals surface area contributed by atoms with Gasteiger partial charge < -0.3 is 9.47 Å². The second-order valence-electron chi connectivity index (χ2n) is 4.62.